The van der Waals surface area contributed by atoms with Crippen LogP contribution >= 0.6 is 0 Å². The third-order valence-corrected chi connectivity index (χ3v) is 6.34. The number of fused-ring (bicyclic) bond motifs is 2. The van der Waals surface area contributed by atoms with Crippen LogP contribution < -0.4 is 10.0 Å². The Morgan fingerprint density at radius 3 is 2.84 bits per heavy atom. The number of nitrogens with one attached hydrogen (secondary N) is 2. The fraction of sp³-hybridized carbons (Fsp3) is 0.211. The number of nitrogens with zero attached hydrogens (tertiary/aromatic N) is 3. The first-order valence-corrected chi connectivity index (χ1v) is 11.5. The number of hydrogen-bond acceptors (Lipinski definition) is 8. The van der Waals surface area contributed by atoms with Crippen LogP contribution in [0.15, 0.2) is 61.1 Å². The zero-order chi connectivity index (χ0) is 21.8. The number of ether oxygens (including phenoxy) is 1. The highest BCUT2D eigenvalue weighted by Crippen LogP contribution is 2.38. The Kier molecular flexibility index (Phi) is 5.91. The first kappa shape index (κ1) is 20.9. The van der Waals surface area contributed by atoms with E-state index in [2.05, 4.69) is 23.8 Å². The van der Waals surface area contributed by atoms with Crippen LogP contribution in [0.5, 0.6) is 0 Å². The number of sulfonamides is 1. The number of amides is 1. The van der Waals surface area contributed by atoms with E-state index in [0.717, 1.165) is 11.4 Å². The first-order chi connectivity index (χ1) is 14.9. The molecule has 0 bridgehead atoms. The second kappa shape index (κ2) is 8.78. The minimum absolute atomic E-state index is 0.0457. The molecule has 0 aromatic heterocycles. The van der Waals surface area contributed by atoms with Crippen LogP contribution in [0, 0.1) is 0 Å². The molecule has 0 saturated heterocycles. The normalized spacial score (nSPS) is 16.2. The van der Waals surface area contributed by atoms with Crippen LogP contribution in [0.25, 0.3) is 0 Å². The second-order valence-electron chi connectivity index (χ2n) is 6.58. The van der Waals surface area contributed by atoms with Crippen molar-refractivity contribution in [2.24, 2.45) is 13.7 Å². The molecular formula is C19H17N5O5S2. The van der Waals surface area contributed by atoms with Gasteiger partial charge in [0.05, 0.1) is 21.9 Å². The quantitative estimate of drug-likeness (QED) is 0.413. The molecule has 0 spiro atoms. The van der Waals surface area contributed by atoms with Gasteiger partial charge >= 0.3 is 5.97 Å². The van der Waals surface area contributed by atoms with Crippen LogP contribution in [0.3, 0.4) is 0 Å². The lowest BCUT2D eigenvalue weighted by Gasteiger charge is -2.08. The van der Waals surface area contributed by atoms with Gasteiger partial charge in [0.2, 0.25) is 0 Å². The molecule has 31 heavy (non-hydrogen) atoms. The van der Waals surface area contributed by atoms with Gasteiger partial charge in [-0.05, 0) is 30.7 Å². The SMILES string of the molecule is O=C(COC(=O)CCCN=C1NS(=O)(=O)c2ccccc21)Nc1cccc2c1N=S=N2. The van der Waals surface area contributed by atoms with Crippen LogP contribution in [0.4, 0.5) is 17.1 Å². The molecule has 2 aliphatic heterocycles. The number of carbonyl (C=O) groups excluding carboxylic acids is 2. The van der Waals surface area contributed by atoms with Crippen molar-refractivity contribution >= 4 is 56.2 Å². The molecule has 2 N–H and O–H groups in total. The van der Waals surface area contributed by atoms with Gasteiger partial charge in [-0.2, -0.15) is 8.73 Å². The standard InChI is InChI=1S/C19H17N5O5S2/c25-16(21-13-6-3-7-14-18(13)23-30-22-14)11-29-17(26)9-4-10-20-19-12-5-1-2-8-15(12)31(27,28)24-19/h1-3,5-8H,4,9-11H2,(H,20,24)(H,21,25). The highest BCUT2D eigenvalue weighted by molar-refractivity contribution is 7.90. The van der Waals surface area contributed by atoms with Crippen molar-refractivity contribution < 1.29 is 22.7 Å². The van der Waals surface area contributed by atoms with Crippen molar-refractivity contribution in [3.05, 3.63) is 48.0 Å². The summed E-state index contributed by atoms with van der Waals surface area (Å²) < 4.78 is 39.7. The Morgan fingerprint density at radius 1 is 1.13 bits per heavy atom. The van der Waals surface area contributed by atoms with Gasteiger partial charge in [0.25, 0.3) is 15.9 Å². The summed E-state index contributed by atoms with van der Waals surface area (Å²) in [5.41, 5.74) is 2.26. The molecular weight excluding hydrogens is 442 g/mol. The molecule has 0 saturated carbocycles. The molecule has 2 aliphatic rings. The average molecular weight is 460 g/mol. The van der Waals surface area contributed by atoms with Gasteiger partial charge in [0.1, 0.15) is 17.2 Å². The number of anilines is 1. The van der Waals surface area contributed by atoms with Crippen LogP contribution in [0.1, 0.15) is 18.4 Å². The lowest BCUT2D eigenvalue weighted by molar-refractivity contribution is -0.147. The van der Waals surface area contributed by atoms with Crippen molar-refractivity contribution in [3.8, 4) is 0 Å². The van der Waals surface area contributed by atoms with E-state index in [1.54, 1.807) is 36.4 Å². The predicted octanol–water partition coefficient (Wildman–Crippen LogP) is 2.41. The summed E-state index contributed by atoms with van der Waals surface area (Å²) in [6.07, 6.45) is 0.391. The highest BCUT2D eigenvalue weighted by atomic mass is 32.2. The zero-order valence-corrected chi connectivity index (χ0v) is 17.7. The third-order valence-electron chi connectivity index (χ3n) is 4.40. The molecule has 0 aliphatic carbocycles. The molecule has 160 valence electrons. The van der Waals surface area contributed by atoms with E-state index in [4.69, 9.17) is 4.74 Å². The predicted molar refractivity (Wildman–Crippen MR) is 115 cm³/mol. The Bertz CT molecular complexity index is 1270. The van der Waals surface area contributed by atoms with E-state index in [1.165, 1.54) is 6.07 Å². The largest absolute Gasteiger partial charge is 0.456 e. The number of benzene rings is 2. The number of carbonyl (C=O) groups is 2. The summed E-state index contributed by atoms with van der Waals surface area (Å²) in [6, 6.07) is 11.8. The lowest BCUT2D eigenvalue weighted by Crippen LogP contribution is -2.22. The second-order valence-corrected chi connectivity index (χ2v) is 8.76. The molecule has 0 fully saturated rings. The van der Waals surface area contributed by atoms with Gasteiger partial charge < -0.3 is 10.1 Å². The highest BCUT2D eigenvalue weighted by Gasteiger charge is 2.29. The molecule has 2 aromatic rings. The van der Waals surface area contributed by atoms with E-state index < -0.39 is 28.5 Å². The number of hydrogen-bond donors (Lipinski definition) is 2. The molecule has 1 amide bonds. The van der Waals surface area contributed by atoms with Gasteiger partial charge in [-0.1, -0.05) is 18.2 Å². The van der Waals surface area contributed by atoms with E-state index in [0.29, 0.717) is 29.0 Å². The van der Waals surface area contributed by atoms with Crippen molar-refractivity contribution in [1.82, 2.24) is 4.72 Å². The summed E-state index contributed by atoms with van der Waals surface area (Å²) in [4.78, 5) is 28.3. The lowest BCUT2D eigenvalue weighted by atomic mass is 10.2. The maximum absolute atomic E-state index is 12.0. The Hall–Kier alpha value is -3.38. The maximum Gasteiger partial charge on any atom is 0.306 e. The van der Waals surface area contributed by atoms with Crippen LogP contribution in [0.2, 0.25) is 0 Å². The zero-order valence-electron chi connectivity index (χ0n) is 16.1. The summed E-state index contributed by atoms with van der Waals surface area (Å²) in [5.74, 6) is -0.767. The van der Waals surface area contributed by atoms with Crippen molar-refractivity contribution in [2.75, 3.05) is 18.5 Å². The van der Waals surface area contributed by atoms with Crippen molar-refractivity contribution in [1.29, 1.82) is 0 Å². The first-order valence-electron chi connectivity index (χ1n) is 9.27. The molecule has 2 aromatic carbocycles. The average Bonchev–Trinajstić information content (AvgIpc) is 3.33. The van der Waals surface area contributed by atoms with Gasteiger partial charge in [-0.15, -0.1) is 0 Å². The number of amidine groups is 1. The fourth-order valence-corrected chi connectivity index (χ4v) is 4.78. The van der Waals surface area contributed by atoms with E-state index >= 15 is 0 Å². The summed E-state index contributed by atoms with van der Waals surface area (Å²) >= 11 is 1.04. The van der Waals surface area contributed by atoms with E-state index in [1.807, 2.05) is 0 Å². The third kappa shape index (κ3) is 4.70. The van der Waals surface area contributed by atoms with Gasteiger partial charge in [0, 0.05) is 18.5 Å². The van der Waals surface area contributed by atoms with Crippen molar-refractivity contribution in [2.45, 2.75) is 17.7 Å². The smallest absolute Gasteiger partial charge is 0.306 e. The minimum Gasteiger partial charge on any atom is -0.456 e. The van der Waals surface area contributed by atoms with Crippen LogP contribution in [-0.4, -0.2) is 39.3 Å². The Labute approximate surface area is 181 Å². The van der Waals surface area contributed by atoms with Gasteiger partial charge in [0.15, 0.2) is 6.61 Å². The van der Waals surface area contributed by atoms with Crippen LogP contribution in [-0.2, 0) is 35.7 Å². The monoisotopic (exact) mass is 459 g/mol. The Balaban J connectivity index is 1.22. The topological polar surface area (TPSA) is 139 Å². The molecule has 0 atom stereocenters. The van der Waals surface area contributed by atoms with Gasteiger partial charge in [-0.25, -0.2) is 8.42 Å². The summed E-state index contributed by atoms with van der Waals surface area (Å²) in [5, 5.41) is 2.65. The molecule has 12 heteroatoms. The molecule has 0 unspecified atom stereocenters. The molecule has 4 rings (SSSR count). The van der Waals surface area contributed by atoms with E-state index in [-0.39, 0.29) is 23.7 Å². The number of aliphatic imine (C=N–C) groups is 1. The Morgan fingerprint density at radius 2 is 1.97 bits per heavy atom. The van der Waals surface area contributed by atoms with Crippen molar-refractivity contribution in [3.63, 3.8) is 0 Å². The maximum atomic E-state index is 12.0. The minimum atomic E-state index is -3.59. The molecule has 0 radical (unpaired) electrons. The molecule has 2 heterocycles. The summed E-state index contributed by atoms with van der Waals surface area (Å²) in [6.45, 7) is -0.194. The molecule has 10 nitrogen and oxygen atoms in total. The number of esters is 1. The summed E-state index contributed by atoms with van der Waals surface area (Å²) in [7, 11) is -3.59. The fourth-order valence-electron chi connectivity index (χ4n) is 2.98. The van der Waals surface area contributed by atoms with E-state index in [9.17, 15) is 18.0 Å². The van der Waals surface area contributed by atoms with Gasteiger partial charge in [-0.3, -0.25) is 19.3 Å². The number of rotatable bonds is 7.